The third-order valence-electron chi connectivity index (χ3n) is 5.20. The number of aliphatic hydroxyl groups is 1. The molecule has 0 spiro atoms. The summed E-state index contributed by atoms with van der Waals surface area (Å²) in [5.74, 6) is 0.604. The minimum Gasteiger partial charge on any atom is -0.510 e. The molecular formula is C20H24ClN4O2S+. The number of thiazole rings is 1. The molecule has 0 aliphatic carbocycles. The van der Waals surface area contributed by atoms with Gasteiger partial charge in [-0.1, -0.05) is 23.7 Å². The van der Waals surface area contributed by atoms with Crippen LogP contribution in [0.4, 0.5) is 0 Å². The Labute approximate surface area is 173 Å². The zero-order valence-electron chi connectivity index (χ0n) is 15.6. The second-order valence-corrected chi connectivity index (χ2v) is 8.40. The second-order valence-electron chi connectivity index (χ2n) is 7.10. The number of quaternary nitrogens is 1. The van der Waals surface area contributed by atoms with Crippen LogP contribution in [-0.2, 0) is 4.74 Å². The predicted octanol–water partition coefficient (Wildman–Crippen LogP) is 2.33. The minimum atomic E-state index is 0.237. The fourth-order valence-corrected chi connectivity index (χ4v) is 4.64. The maximum atomic E-state index is 10.5. The molecule has 148 valence electrons. The number of nitrogens with zero attached hydrogens (tertiary/aromatic N) is 2. The van der Waals surface area contributed by atoms with Gasteiger partial charge in [0.2, 0.25) is 0 Å². The average molecular weight is 420 g/mol. The summed E-state index contributed by atoms with van der Waals surface area (Å²) in [4.78, 5) is 8.15. The first-order valence-electron chi connectivity index (χ1n) is 9.51. The predicted molar refractivity (Wildman–Crippen MR) is 112 cm³/mol. The lowest BCUT2D eigenvalue weighted by Crippen LogP contribution is -3.14. The third-order valence-corrected chi connectivity index (χ3v) is 6.31. The van der Waals surface area contributed by atoms with Crippen molar-refractivity contribution in [1.29, 1.82) is 5.41 Å². The molecule has 8 heteroatoms. The number of amidine groups is 1. The minimum absolute atomic E-state index is 0.237. The van der Waals surface area contributed by atoms with Gasteiger partial charge in [0, 0.05) is 28.9 Å². The van der Waals surface area contributed by atoms with Crippen molar-refractivity contribution in [3.63, 3.8) is 0 Å². The number of aromatic nitrogens is 1. The van der Waals surface area contributed by atoms with Crippen molar-refractivity contribution in [2.45, 2.75) is 6.42 Å². The number of nitrogens with one attached hydrogen (secondary N) is 2. The molecule has 1 saturated heterocycles. The Bertz CT molecular complexity index is 875. The van der Waals surface area contributed by atoms with E-state index in [2.05, 4.69) is 4.98 Å². The lowest BCUT2D eigenvalue weighted by molar-refractivity contribution is -0.908. The molecule has 3 heterocycles. The van der Waals surface area contributed by atoms with Gasteiger partial charge in [-0.2, -0.15) is 0 Å². The van der Waals surface area contributed by atoms with E-state index >= 15 is 0 Å². The van der Waals surface area contributed by atoms with Crippen LogP contribution < -0.4 is 4.90 Å². The molecule has 2 aliphatic rings. The Hall–Kier alpha value is -1.93. The van der Waals surface area contributed by atoms with Crippen molar-refractivity contribution in [2.75, 3.05) is 45.9 Å². The normalized spacial score (nSPS) is 18.3. The molecule has 1 aromatic carbocycles. The van der Waals surface area contributed by atoms with E-state index < -0.39 is 0 Å². The van der Waals surface area contributed by atoms with E-state index in [0.29, 0.717) is 28.0 Å². The summed E-state index contributed by atoms with van der Waals surface area (Å²) < 4.78 is 5.40. The molecule has 0 bridgehead atoms. The molecule has 0 unspecified atom stereocenters. The average Bonchev–Trinajstić information content (AvgIpc) is 3.28. The molecular weight excluding hydrogens is 396 g/mol. The molecule has 6 nitrogen and oxygen atoms in total. The van der Waals surface area contributed by atoms with Gasteiger partial charge >= 0.3 is 0 Å². The summed E-state index contributed by atoms with van der Waals surface area (Å²) in [6.45, 7) is 6.01. The molecule has 28 heavy (non-hydrogen) atoms. The molecule has 2 aliphatic heterocycles. The third kappa shape index (κ3) is 4.22. The maximum Gasteiger partial charge on any atom is 0.135 e. The lowest BCUT2D eigenvalue weighted by atomic mass is 10.2. The highest BCUT2D eigenvalue weighted by Gasteiger charge is 2.30. The Balaban J connectivity index is 1.39. The molecule has 1 fully saturated rings. The van der Waals surface area contributed by atoms with E-state index in [1.165, 1.54) is 11.3 Å². The highest BCUT2D eigenvalue weighted by Crippen LogP contribution is 2.32. The number of ether oxygens (including phenoxy) is 1. The Morgan fingerprint density at radius 3 is 2.75 bits per heavy atom. The number of hydrogen-bond acceptors (Lipinski definition) is 5. The van der Waals surface area contributed by atoms with E-state index in [0.717, 1.165) is 57.1 Å². The van der Waals surface area contributed by atoms with Crippen molar-refractivity contribution in [2.24, 2.45) is 0 Å². The number of hydrogen-bond donors (Lipinski definition) is 3. The van der Waals surface area contributed by atoms with Crippen LogP contribution in [0.3, 0.4) is 0 Å². The van der Waals surface area contributed by atoms with Gasteiger partial charge in [-0.25, -0.2) is 4.98 Å². The standard InChI is InChI=1S/C20H23ClN4O2S/c21-15-4-2-14(3-5-15)16-13-28-20(23-16)18-17(26)12-25(19(18)22)7-1-6-24-8-10-27-11-9-24/h2-5,13,22,26H,1,6-12H2/p+1. The summed E-state index contributed by atoms with van der Waals surface area (Å²) in [6.07, 6.45) is 0.992. The lowest BCUT2D eigenvalue weighted by Gasteiger charge is -2.25. The van der Waals surface area contributed by atoms with Gasteiger partial charge in [0.1, 0.15) is 29.7 Å². The largest absolute Gasteiger partial charge is 0.510 e. The van der Waals surface area contributed by atoms with Gasteiger partial charge in [-0.15, -0.1) is 11.3 Å². The molecule has 3 N–H and O–H groups in total. The van der Waals surface area contributed by atoms with Crippen molar-refractivity contribution >= 4 is 34.3 Å². The number of morpholine rings is 1. The first kappa shape index (κ1) is 19.4. The summed E-state index contributed by atoms with van der Waals surface area (Å²) in [7, 11) is 0. The van der Waals surface area contributed by atoms with Gasteiger partial charge in [0.25, 0.3) is 0 Å². The first-order chi connectivity index (χ1) is 13.6. The summed E-state index contributed by atoms with van der Waals surface area (Å²) in [5, 5.41) is 22.3. The number of halogens is 1. The zero-order valence-corrected chi connectivity index (χ0v) is 17.2. The molecule has 0 radical (unpaired) electrons. The van der Waals surface area contributed by atoms with Crippen LogP contribution in [0.5, 0.6) is 0 Å². The van der Waals surface area contributed by atoms with Crippen LogP contribution in [0.15, 0.2) is 35.4 Å². The van der Waals surface area contributed by atoms with Crippen LogP contribution in [0, 0.1) is 5.41 Å². The van der Waals surface area contributed by atoms with E-state index in [1.54, 1.807) is 4.90 Å². The molecule has 1 aromatic heterocycles. The Morgan fingerprint density at radius 1 is 1.25 bits per heavy atom. The van der Waals surface area contributed by atoms with Gasteiger partial charge < -0.3 is 19.6 Å². The molecule has 4 rings (SSSR count). The van der Waals surface area contributed by atoms with Gasteiger partial charge in [-0.3, -0.25) is 5.41 Å². The Morgan fingerprint density at radius 2 is 2.00 bits per heavy atom. The van der Waals surface area contributed by atoms with Crippen LogP contribution in [0.1, 0.15) is 11.4 Å². The smallest absolute Gasteiger partial charge is 0.135 e. The van der Waals surface area contributed by atoms with Crippen molar-refractivity contribution in [1.82, 2.24) is 9.88 Å². The fourth-order valence-electron chi connectivity index (χ4n) is 3.62. The van der Waals surface area contributed by atoms with E-state index in [-0.39, 0.29) is 5.76 Å². The number of benzene rings is 1. The SMILES string of the molecule is N=C1C(c2nc(-c3ccc(Cl)cc3)cs2)=C(O)CN1CCC[NH+]1CCOCC1. The zero-order chi connectivity index (χ0) is 19.5. The van der Waals surface area contributed by atoms with E-state index in [1.807, 2.05) is 34.5 Å². The van der Waals surface area contributed by atoms with Gasteiger partial charge in [0.15, 0.2) is 0 Å². The topological polar surface area (TPSA) is 73.9 Å². The summed E-state index contributed by atoms with van der Waals surface area (Å²) >= 11 is 7.41. The van der Waals surface area contributed by atoms with Crippen LogP contribution in [0.25, 0.3) is 16.8 Å². The monoisotopic (exact) mass is 419 g/mol. The quantitative estimate of drug-likeness (QED) is 0.671. The number of rotatable bonds is 6. The Kier molecular flexibility index (Phi) is 5.96. The summed E-state index contributed by atoms with van der Waals surface area (Å²) in [6, 6.07) is 7.52. The molecule has 0 saturated carbocycles. The van der Waals surface area contributed by atoms with E-state index in [4.69, 9.17) is 21.7 Å². The first-order valence-corrected chi connectivity index (χ1v) is 10.8. The molecule has 0 amide bonds. The van der Waals surface area contributed by atoms with Crippen molar-refractivity contribution < 1.29 is 14.7 Å². The van der Waals surface area contributed by atoms with E-state index in [9.17, 15) is 5.11 Å². The highest BCUT2D eigenvalue weighted by atomic mass is 35.5. The second kappa shape index (κ2) is 8.61. The van der Waals surface area contributed by atoms with Crippen LogP contribution in [0.2, 0.25) is 5.02 Å². The maximum absolute atomic E-state index is 10.5. The van der Waals surface area contributed by atoms with Crippen LogP contribution >= 0.6 is 22.9 Å². The van der Waals surface area contributed by atoms with Crippen molar-refractivity contribution in [3.8, 4) is 11.3 Å². The van der Waals surface area contributed by atoms with Crippen molar-refractivity contribution in [3.05, 3.63) is 45.4 Å². The van der Waals surface area contributed by atoms with Gasteiger partial charge in [-0.05, 0) is 12.1 Å². The van der Waals surface area contributed by atoms with Crippen LogP contribution in [-0.4, -0.2) is 66.8 Å². The molecule has 0 atom stereocenters. The fraction of sp³-hybridized carbons (Fsp3) is 0.400. The van der Waals surface area contributed by atoms with Gasteiger partial charge in [0.05, 0.1) is 37.6 Å². The summed E-state index contributed by atoms with van der Waals surface area (Å²) in [5.41, 5.74) is 2.37. The molecule has 2 aromatic rings. The highest BCUT2D eigenvalue weighted by molar-refractivity contribution is 7.11. The number of aliphatic hydroxyl groups excluding tert-OH is 1.